The Labute approximate surface area is 166 Å². The van der Waals surface area contributed by atoms with Crippen LogP contribution in [0.4, 0.5) is 0 Å². The number of likely N-dealkylation sites (tertiary alicyclic amines) is 1. The Kier molecular flexibility index (Phi) is 3.52. The molecule has 1 saturated heterocycles. The molecule has 1 heterocycles. The first kappa shape index (κ1) is 18.5. The molecule has 13 atom stereocenters. The van der Waals surface area contributed by atoms with Crippen molar-refractivity contribution >= 4 is 0 Å². The van der Waals surface area contributed by atoms with E-state index in [2.05, 4.69) is 18.7 Å². The highest BCUT2D eigenvalue weighted by Crippen LogP contribution is 2.78. The lowest BCUT2D eigenvalue weighted by Gasteiger charge is -2.69. The van der Waals surface area contributed by atoms with Gasteiger partial charge in [-0.3, -0.25) is 4.90 Å². The van der Waals surface area contributed by atoms with Crippen LogP contribution in [0.15, 0.2) is 0 Å². The smallest absolute Gasteiger partial charge is 0.0771 e. The molecule has 0 aromatic carbocycles. The maximum absolute atomic E-state index is 12.1. The van der Waals surface area contributed by atoms with Crippen molar-refractivity contribution < 1.29 is 25.2 Å². The van der Waals surface area contributed by atoms with Crippen LogP contribution in [0.25, 0.3) is 0 Å². The van der Waals surface area contributed by atoms with Crippen molar-refractivity contribution in [1.82, 2.24) is 4.90 Å². The van der Waals surface area contributed by atoms with E-state index >= 15 is 0 Å². The fourth-order valence-corrected chi connectivity index (χ4v) is 10.0. The summed E-state index contributed by atoms with van der Waals surface area (Å²) in [6.07, 6.45) is 0.878. The molecule has 0 aromatic rings. The van der Waals surface area contributed by atoms with Gasteiger partial charge < -0.3 is 25.2 Å². The van der Waals surface area contributed by atoms with Gasteiger partial charge in [0.2, 0.25) is 0 Å². The molecule has 6 fully saturated rings. The summed E-state index contributed by atoms with van der Waals surface area (Å²) in [6.45, 7) is 6.05. The maximum atomic E-state index is 12.1. The van der Waals surface area contributed by atoms with Crippen LogP contribution in [0.2, 0.25) is 0 Å². The number of aliphatic hydroxyl groups is 4. The standard InChI is InChI=1S/C22H35NO5/c1-4-23-9-20(2)14-6-12-19(23)22(14,16(25)7-15(20)24)11-5-10-13(28-3)8-21(12,27)17(11)18(10)26/h10-19,24-27H,4-9H2,1-3H3/t10-,11-,12+,13+,14-,15-,16+,17-,18+,19?,20+,21+,22-/m1/s1. The highest BCUT2D eigenvalue weighted by molar-refractivity contribution is 5.33. The van der Waals surface area contributed by atoms with Crippen LogP contribution in [0.5, 0.6) is 0 Å². The van der Waals surface area contributed by atoms with Crippen LogP contribution < -0.4 is 0 Å². The minimum absolute atomic E-state index is 0.0202. The minimum atomic E-state index is -0.950. The van der Waals surface area contributed by atoms with Crippen LogP contribution in [-0.2, 0) is 4.74 Å². The first-order valence-corrected chi connectivity index (χ1v) is 11.3. The molecule has 1 spiro atoms. The lowest BCUT2D eigenvalue weighted by Crippen LogP contribution is -2.77. The van der Waals surface area contributed by atoms with Gasteiger partial charge in [0.25, 0.3) is 0 Å². The zero-order valence-corrected chi connectivity index (χ0v) is 17.2. The number of hydrogen-bond donors (Lipinski definition) is 4. The summed E-state index contributed by atoms with van der Waals surface area (Å²) < 4.78 is 5.77. The van der Waals surface area contributed by atoms with E-state index in [0.717, 1.165) is 25.9 Å². The second kappa shape index (κ2) is 5.32. The van der Waals surface area contributed by atoms with Gasteiger partial charge in [-0.1, -0.05) is 13.8 Å². The average Bonchev–Trinajstić information content (AvgIpc) is 3.09. The third kappa shape index (κ3) is 1.65. The molecule has 0 aromatic heterocycles. The molecule has 0 radical (unpaired) electrons. The molecule has 4 N–H and O–H groups in total. The van der Waals surface area contributed by atoms with E-state index in [0.29, 0.717) is 12.8 Å². The highest BCUT2D eigenvalue weighted by Gasteiger charge is 2.83. The van der Waals surface area contributed by atoms with Crippen molar-refractivity contribution in [2.45, 2.75) is 75.6 Å². The first-order valence-electron chi connectivity index (χ1n) is 11.3. The number of fused-ring (bicyclic) bond motifs is 2. The summed E-state index contributed by atoms with van der Waals surface area (Å²) in [5, 5.41) is 46.0. The molecule has 28 heavy (non-hydrogen) atoms. The van der Waals surface area contributed by atoms with Gasteiger partial charge in [0.1, 0.15) is 0 Å². The Morgan fingerprint density at radius 2 is 1.82 bits per heavy atom. The molecule has 6 nitrogen and oxygen atoms in total. The molecule has 158 valence electrons. The molecular formula is C22H35NO5. The predicted octanol–water partition coefficient (Wildman–Crippen LogP) is 0.221. The SMILES string of the molecule is CCN1C[C@]2(C)[C@H](O)C[C@H](O)[C@]34C1[C@H](C[C@H]23)[C@@]1(O)C[C@H](OC)[C@H]2C[C@@H]4[C@@H]1[C@H]2O. The fourth-order valence-electron chi connectivity index (χ4n) is 10.0. The Morgan fingerprint density at radius 3 is 2.50 bits per heavy atom. The van der Waals surface area contributed by atoms with E-state index in [9.17, 15) is 20.4 Å². The van der Waals surface area contributed by atoms with E-state index in [1.54, 1.807) is 7.11 Å². The minimum Gasteiger partial charge on any atom is -0.392 e. The topological polar surface area (TPSA) is 93.4 Å². The number of methoxy groups -OCH3 is 1. The molecular weight excluding hydrogens is 358 g/mol. The van der Waals surface area contributed by atoms with Gasteiger partial charge >= 0.3 is 0 Å². The summed E-state index contributed by atoms with van der Waals surface area (Å²) in [4.78, 5) is 2.45. The molecule has 6 heteroatoms. The van der Waals surface area contributed by atoms with Gasteiger partial charge in [0.05, 0.1) is 30.0 Å². The van der Waals surface area contributed by atoms with E-state index in [1.165, 1.54) is 0 Å². The molecule has 1 unspecified atom stereocenters. The molecule has 6 aliphatic rings. The number of rotatable bonds is 2. The number of ether oxygens (including phenoxy) is 1. The summed E-state index contributed by atoms with van der Waals surface area (Å²) in [5.74, 6) is 0.161. The number of aliphatic hydroxyl groups excluding tert-OH is 3. The summed E-state index contributed by atoms with van der Waals surface area (Å²) in [7, 11) is 1.69. The molecule has 7 bridgehead atoms. The Bertz CT molecular complexity index is 704. The maximum Gasteiger partial charge on any atom is 0.0771 e. The quantitative estimate of drug-likeness (QED) is 0.536. The lowest BCUT2D eigenvalue weighted by molar-refractivity contribution is -0.282. The van der Waals surface area contributed by atoms with Gasteiger partial charge in [-0.25, -0.2) is 0 Å². The van der Waals surface area contributed by atoms with Crippen LogP contribution >= 0.6 is 0 Å². The van der Waals surface area contributed by atoms with E-state index in [4.69, 9.17) is 4.74 Å². The zero-order valence-electron chi connectivity index (χ0n) is 17.2. The normalized spacial score (nSPS) is 67.0. The monoisotopic (exact) mass is 393 g/mol. The Hall–Kier alpha value is -0.240. The van der Waals surface area contributed by atoms with Gasteiger partial charge in [0, 0.05) is 61.1 Å². The van der Waals surface area contributed by atoms with Crippen LogP contribution in [0, 0.1) is 40.4 Å². The van der Waals surface area contributed by atoms with Gasteiger partial charge in [-0.05, 0) is 31.2 Å². The molecule has 5 saturated carbocycles. The van der Waals surface area contributed by atoms with Gasteiger partial charge in [-0.2, -0.15) is 0 Å². The Balaban J connectivity index is 1.60. The van der Waals surface area contributed by atoms with E-state index in [1.807, 2.05) is 0 Å². The number of hydrogen-bond acceptors (Lipinski definition) is 6. The van der Waals surface area contributed by atoms with E-state index < -0.39 is 23.9 Å². The average molecular weight is 394 g/mol. The Morgan fingerprint density at radius 1 is 1.07 bits per heavy atom. The van der Waals surface area contributed by atoms with Crippen molar-refractivity contribution in [3.8, 4) is 0 Å². The predicted molar refractivity (Wildman–Crippen MR) is 101 cm³/mol. The van der Waals surface area contributed by atoms with Crippen LogP contribution in [0.1, 0.15) is 39.5 Å². The molecule has 0 amide bonds. The second-order valence-corrected chi connectivity index (χ2v) is 11.2. The van der Waals surface area contributed by atoms with Crippen molar-refractivity contribution in [2.24, 2.45) is 40.4 Å². The molecule has 5 aliphatic carbocycles. The van der Waals surface area contributed by atoms with Crippen molar-refractivity contribution in [2.75, 3.05) is 20.2 Å². The van der Waals surface area contributed by atoms with Crippen molar-refractivity contribution in [3.05, 3.63) is 0 Å². The fraction of sp³-hybridized carbons (Fsp3) is 1.00. The molecule has 1 aliphatic heterocycles. The first-order chi connectivity index (χ1) is 13.2. The highest BCUT2D eigenvalue weighted by atomic mass is 16.5. The summed E-state index contributed by atoms with van der Waals surface area (Å²) in [6, 6.07) is 0.130. The van der Waals surface area contributed by atoms with Crippen molar-refractivity contribution in [1.29, 1.82) is 0 Å². The van der Waals surface area contributed by atoms with Gasteiger partial charge in [-0.15, -0.1) is 0 Å². The largest absolute Gasteiger partial charge is 0.392 e. The number of piperidine rings is 1. The third-order valence-electron chi connectivity index (χ3n) is 10.8. The second-order valence-electron chi connectivity index (χ2n) is 11.2. The number of nitrogens with zero attached hydrogens (tertiary/aromatic N) is 1. The van der Waals surface area contributed by atoms with Gasteiger partial charge in [0.15, 0.2) is 0 Å². The van der Waals surface area contributed by atoms with E-state index in [-0.39, 0.29) is 52.6 Å². The van der Waals surface area contributed by atoms with Crippen LogP contribution in [0.3, 0.4) is 0 Å². The summed E-state index contributed by atoms with van der Waals surface area (Å²) in [5.41, 5.74) is -1.55. The zero-order chi connectivity index (χ0) is 19.8. The molecule has 6 rings (SSSR count). The van der Waals surface area contributed by atoms with Crippen molar-refractivity contribution in [3.63, 3.8) is 0 Å². The van der Waals surface area contributed by atoms with Crippen LogP contribution in [-0.4, -0.2) is 81.6 Å². The lowest BCUT2D eigenvalue weighted by atomic mass is 9.43. The third-order valence-corrected chi connectivity index (χ3v) is 10.8. The summed E-state index contributed by atoms with van der Waals surface area (Å²) >= 11 is 0.